The number of aliphatic carboxylic acids is 1. The standard InChI is InChI=1S/C11H8Cl3NO3/c1-5-6(12)3-2-4-7(5)15-10(16)8(13)9(14)11(17)18/h2-4H,1H3,(H,15,16)(H,17,18)/b9-8+. The molecule has 0 aliphatic rings. The summed E-state index contributed by atoms with van der Waals surface area (Å²) < 4.78 is 0. The van der Waals surface area contributed by atoms with Crippen LogP contribution in [0.2, 0.25) is 5.02 Å². The van der Waals surface area contributed by atoms with Crippen LogP contribution in [0.4, 0.5) is 5.69 Å². The zero-order valence-corrected chi connectivity index (χ0v) is 11.4. The van der Waals surface area contributed by atoms with Gasteiger partial charge in [0.1, 0.15) is 10.1 Å². The van der Waals surface area contributed by atoms with Crippen molar-refractivity contribution in [3.05, 3.63) is 38.8 Å². The van der Waals surface area contributed by atoms with Gasteiger partial charge in [-0.1, -0.05) is 40.9 Å². The second-order valence-corrected chi connectivity index (χ2v) is 4.46. The maximum atomic E-state index is 11.6. The molecule has 1 rings (SSSR count). The summed E-state index contributed by atoms with van der Waals surface area (Å²) in [5.41, 5.74) is 1.07. The number of benzene rings is 1. The molecule has 0 spiro atoms. The van der Waals surface area contributed by atoms with E-state index in [1.165, 1.54) is 0 Å². The monoisotopic (exact) mass is 307 g/mol. The molecule has 0 aliphatic carbocycles. The van der Waals surface area contributed by atoms with Crippen molar-refractivity contribution in [2.24, 2.45) is 0 Å². The Bertz CT molecular complexity index is 540. The molecule has 1 amide bonds. The Morgan fingerprint density at radius 2 is 1.83 bits per heavy atom. The van der Waals surface area contributed by atoms with Crippen molar-refractivity contribution in [2.45, 2.75) is 6.92 Å². The third-order valence-electron chi connectivity index (χ3n) is 2.10. The van der Waals surface area contributed by atoms with Gasteiger partial charge in [0.05, 0.1) is 0 Å². The number of carbonyl (C=O) groups is 2. The molecule has 0 radical (unpaired) electrons. The number of carboxylic acids is 1. The molecule has 1 aromatic rings. The first kappa shape index (κ1) is 14.8. The molecule has 0 bridgehead atoms. The molecule has 4 nitrogen and oxygen atoms in total. The molecule has 0 unspecified atom stereocenters. The predicted octanol–water partition coefficient (Wildman–Crippen LogP) is 3.36. The number of anilines is 1. The highest BCUT2D eigenvalue weighted by Gasteiger charge is 2.18. The Morgan fingerprint density at radius 3 is 2.39 bits per heavy atom. The Morgan fingerprint density at radius 1 is 1.22 bits per heavy atom. The van der Waals surface area contributed by atoms with Crippen molar-refractivity contribution in [3.8, 4) is 0 Å². The summed E-state index contributed by atoms with van der Waals surface area (Å²) in [5, 5.41) is 10.2. The average molecular weight is 309 g/mol. The fourth-order valence-corrected chi connectivity index (χ4v) is 1.50. The molecule has 2 N–H and O–H groups in total. The number of carboxylic acid groups (broad SMARTS) is 1. The van der Waals surface area contributed by atoms with Gasteiger partial charge in [0, 0.05) is 10.7 Å². The van der Waals surface area contributed by atoms with Gasteiger partial charge < -0.3 is 10.4 Å². The molecule has 0 aliphatic heterocycles. The molecule has 0 atom stereocenters. The van der Waals surface area contributed by atoms with Crippen LogP contribution in [0.1, 0.15) is 5.56 Å². The van der Waals surface area contributed by atoms with E-state index in [4.69, 9.17) is 39.9 Å². The minimum atomic E-state index is -1.47. The van der Waals surface area contributed by atoms with Crippen LogP contribution in [0.3, 0.4) is 0 Å². The van der Waals surface area contributed by atoms with Crippen LogP contribution in [0.5, 0.6) is 0 Å². The summed E-state index contributed by atoms with van der Waals surface area (Å²) in [6, 6.07) is 4.91. The number of rotatable bonds is 3. The molecule has 0 heterocycles. The Balaban J connectivity index is 2.99. The van der Waals surface area contributed by atoms with Gasteiger partial charge in [0.15, 0.2) is 0 Å². The normalized spacial score (nSPS) is 11.8. The van der Waals surface area contributed by atoms with Crippen molar-refractivity contribution in [1.29, 1.82) is 0 Å². The molecule has 0 fully saturated rings. The maximum Gasteiger partial charge on any atom is 0.349 e. The second-order valence-electron chi connectivity index (χ2n) is 3.30. The van der Waals surface area contributed by atoms with Crippen molar-refractivity contribution in [2.75, 3.05) is 5.32 Å². The van der Waals surface area contributed by atoms with E-state index < -0.39 is 21.9 Å². The average Bonchev–Trinajstić information content (AvgIpc) is 2.32. The summed E-state index contributed by atoms with van der Waals surface area (Å²) in [5.74, 6) is -2.28. The zero-order valence-electron chi connectivity index (χ0n) is 9.13. The van der Waals surface area contributed by atoms with E-state index in [-0.39, 0.29) is 0 Å². The Kier molecular flexibility index (Phi) is 5.02. The summed E-state index contributed by atoms with van der Waals surface area (Å²) in [6.45, 7) is 1.70. The lowest BCUT2D eigenvalue weighted by atomic mass is 10.2. The van der Waals surface area contributed by atoms with E-state index in [0.29, 0.717) is 16.3 Å². The van der Waals surface area contributed by atoms with Crippen molar-refractivity contribution in [3.63, 3.8) is 0 Å². The number of nitrogens with one attached hydrogen (secondary N) is 1. The Hall–Kier alpha value is -1.23. The topological polar surface area (TPSA) is 66.4 Å². The molecule has 18 heavy (non-hydrogen) atoms. The van der Waals surface area contributed by atoms with Crippen LogP contribution in [-0.2, 0) is 9.59 Å². The number of hydrogen-bond acceptors (Lipinski definition) is 2. The SMILES string of the molecule is Cc1c(Cl)cccc1NC(=O)/C(Cl)=C(\Cl)C(=O)O. The first-order valence-electron chi connectivity index (χ1n) is 4.69. The van der Waals surface area contributed by atoms with Crippen LogP contribution < -0.4 is 5.32 Å². The number of carbonyl (C=O) groups excluding carboxylic acids is 1. The van der Waals surface area contributed by atoms with Gasteiger partial charge in [0.25, 0.3) is 5.91 Å². The second kappa shape index (κ2) is 6.09. The molecule has 96 valence electrons. The first-order chi connectivity index (χ1) is 8.34. The third-order valence-corrected chi connectivity index (χ3v) is 3.31. The van der Waals surface area contributed by atoms with Crippen molar-refractivity contribution in [1.82, 2.24) is 0 Å². The van der Waals surface area contributed by atoms with Crippen molar-refractivity contribution < 1.29 is 14.7 Å². The number of amides is 1. The fourth-order valence-electron chi connectivity index (χ4n) is 1.11. The number of hydrogen-bond donors (Lipinski definition) is 2. The molecule has 0 saturated heterocycles. The van der Waals surface area contributed by atoms with Gasteiger partial charge in [-0.15, -0.1) is 0 Å². The minimum Gasteiger partial charge on any atom is -0.477 e. The van der Waals surface area contributed by atoms with Crippen LogP contribution in [0.25, 0.3) is 0 Å². The van der Waals surface area contributed by atoms with Gasteiger partial charge in [-0.2, -0.15) is 0 Å². The Labute approximate surface area is 118 Å². The minimum absolute atomic E-state index is 0.431. The van der Waals surface area contributed by atoms with E-state index >= 15 is 0 Å². The summed E-state index contributed by atoms with van der Waals surface area (Å²) in [4.78, 5) is 22.2. The molecule has 0 saturated carbocycles. The van der Waals surface area contributed by atoms with E-state index in [0.717, 1.165) is 0 Å². The molecular weight excluding hydrogens is 300 g/mol. The summed E-state index contributed by atoms with van der Waals surface area (Å²) in [7, 11) is 0. The zero-order chi connectivity index (χ0) is 13.9. The smallest absolute Gasteiger partial charge is 0.349 e. The maximum absolute atomic E-state index is 11.6. The lowest BCUT2D eigenvalue weighted by Gasteiger charge is -2.09. The third kappa shape index (κ3) is 3.38. The predicted molar refractivity (Wildman–Crippen MR) is 71.2 cm³/mol. The van der Waals surface area contributed by atoms with E-state index in [1.807, 2.05) is 0 Å². The van der Waals surface area contributed by atoms with Gasteiger partial charge in [-0.05, 0) is 24.6 Å². The van der Waals surface area contributed by atoms with Gasteiger partial charge in [-0.25, -0.2) is 4.79 Å². The van der Waals surface area contributed by atoms with E-state index in [2.05, 4.69) is 5.32 Å². The lowest BCUT2D eigenvalue weighted by Crippen LogP contribution is -2.15. The number of halogens is 3. The highest BCUT2D eigenvalue weighted by Crippen LogP contribution is 2.24. The van der Waals surface area contributed by atoms with Crippen LogP contribution >= 0.6 is 34.8 Å². The highest BCUT2D eigenvalue weighted by molar-refractivity contribution is 6.54. The molecule has 7 heteroatoms. The highest BCUT2D eigenvalue weighted by atomic mass is 35.5. The van der Waals surface area contributed by atoms with Crippen LogP contribution in [0.15, 0.2) is 28.3 Å². The molecule has 1 aromatic carbocycles. The van der Waals surface area contributed by atoms with E-state index in [9.17, 15) is 9.59 Å². The van der Waals surface area contributed by atoms with Gasteiger partial charge >= 0.3 is 5.97 Å². The molecular formula is C11H8Cl3NO3. The molecule has 0 aromatic heterocycles. The van der Waals surface area contributed by atoms with Gasteiger partial charge in [0.2, 0.25) is 0 Å². The fraction of sp³-hybridized carbons (Fsp3) is 0.0909. The lowest BCUT2D eigenvalue weighted by molar-refractivity contribution is -0.132. The van der Waals surface area contributed by atoms with Crippen LogP contribution in [-0.4, -0.2) is 17.0 Å². The first-order valence-corrected chi connectivity index (χ1v) is 5.83. The van der Waals surface area contributed by atoms with Crippen LogP contribution in [0, 0.1) is 6.92 Å². The van der Waals surface area contributed by atoms with Gasteiger partial charge in [-0.3, -0.25) is 4.79 Å². The quantitative estimate of drug-likeness (QED) is 0.841. The van der Waals surface area contributed by atoms with Crippen molar-refractivity contribution >= 4 is 52.4 Å². The summed E-state index contributed by atoms with van der Waals surface area (Å²) in [6.07, 6.45) is 0. The van der Waals surface area contributed by atoms with E-state index in [1.54, 1.807) is 25.1 Å². The largest absolute Gasteiger partial charge is 0.477 e. The summed E-state index contributed by atoms with van der Waals surface area (Å²) >= 11 is 16.8.